The first-order valence-corrected chi connectivity index (χ1v) is 8.30. The Balaban J connectivity index is 2.16. The highest BCUT2D eigenvalue weighted by molar-refractivity contribution is 7.17. The Morgan fingerprint density at radius 1 is 1.21 bits per heavy atom. The van der Waals surface area contributed by atoms with Gasteiger partial charge < -0.3 is 9.67 Å². The molecule has 0 fully saturated rings. The fourth-order valence-corrected chi connectivity index (χ4v) is 3.60. The Morgan fingerprint density at radius 3 is 2.58 bits per heavy atom. The van der Waals surface area contributed by atoms with E-state index in [0.717, 1.165) is 5.56 Å². The molecule has 0 radical (unpaired) electrons. The van der Waals surface area contributed by atoms with Crippen molar-refractivity contribution in [2.45, 2.75) is 13.5 Å². The molecule has 5 nitrogen and oxygen atoms in total. The number of amides is 1. The second kappa shape index (κ2) is 6.59. The predicted octanol–water partition coefficient (Wildman–Crippen LogP) is 3.49. The number of aryl methyl sites for hydroxylation is 1. The molecule has 1 N–H and O–H groups in total. The van der Waals surface area contributed by atoms with Crippen molar-refractivity contribution in [3.8, 4) is 0 Å². The Hall–Kier alpha value is -2.44. The van der Waals surface area contributed by atoms with Gasteiger partial charge in [0.15, 0.2) is 4.80 Å². The number of aromatic nitrogens is 1. The standard InChI is InChI=1S/C17H13ClN2O3S/c1-10-5-7-11(8-6-10)16(23)19-17-20(9-14(21)22)13-4-2-3-12(18)15(13)24-17/h2-8H,9H2,1H3,(H,21,22)/b19-17-. The molecule has 0 aliphatic heterocycles. The summed E-state index contributed by atoms with van der Waals surface area (Å²) in [5.74, 6) is -1.43. The largest absolute Gasteiger partial charge is 0.480 e. The summed E-state index contributed by atoms with van der Waals surface area (Å²) >= 11 is 7.37. The first-order chi connectivity index (χ1) is 11.5. The van der Waals surface area contributed by atoms with Crippen LogP contribution in [0.1, 0.15) is 15.9 Å². The maximum atomic E-state index is 12.4. The molecule has 122 valence electrons. The number of benzene rings is 2. The molecule has 1 aromatic heterocycles. The molecule has 0 aliphatic carbocycles. The number of carboxylic acids is 1. The van der Waals surface area contributed by atoms with Gasteiger partial charge in [-0.15, -0.1) is 0 Å². The minimum Gasteiger partial charge on any atom is -0.480 e. The zero-order valence-corrected chi connectivity index (χ0v) is 14.3. The number of halogens is 1. The smallest absolute Gasteiger partial charge is 0.323 e. The molecule has 0 bridgehead atoms. The highest BCUT2D eigenvalue weighted by Crippen LogP contribution is 2.26. The first kappa shape index (κ1) is 16.4. The summed E-state index contributed by atoms with van der Waals surface area (Å²) in [7, 11) is 0. The minimum absolute atomic E-state index is 0.291. The zero-order valence-electron chi connectivity index (χ0n) is 12.7. The Kier molecular flexibility index (Phi) is 4.51. The van der Waals surface area contributed by atoms with Gasteiger partial charge in [0.2, 0.25) is 0 Å². The van der Waals surface area contributed by atoms with Crippen molar-refractivity contribution in [3.05, 3.63) is 63.4 Å². The first-order valence-electron chi connectivity index (χ1n) is 7.11. The Bertz CT molecular complexity index is 1000. The van der Waals surface area contributed by atoms with Crippen molar-refractivity contribution in [2.75, 3.05) is 0 Å². The Labute approximate surface area is 146 Å². The number of carbonyl (C=O) groups excluding carboxylic acids is 1. The summed E-state index contributed by atoms with van der Waals surface area (Å²) in [5, 5.41) is 9.65. The predicted molar refractivity (Wildman–Crippen MR) is 93.5 cm³/mol. The van der Waals surface area contributed by atoms with E-state index in [-0.39, 0.29) is 6.54 Å². The van der Waals surface area contributed by atoms with Gasteiger partial charge in [-0.1, -0.05) is 46.7 Å². The summed E-state index contributed by atoms with van der Waals surface area (Å²) in [4.78, 5) is 28.0. The number of carbonyl (C=O) groups is 2. The summed E-state index contributed by atoms with van der Waals surface area (Å²) in [6, 6.07) is 12.3. The van der Waals surface area contributed by atoms with Crippen LogP contribution in [0.25, 0.3) is 10.2 Å². The van der Waals surface area contributed by atoms with Crippen LogP contribution in [0.5, 0.6) is 0 Å². The fourth-order valence-electron chi connectivity index (χ4n) is 2.28. The second-order valence-corrected chi connectivity index (χ2v) is 6.62. The SMILES string of the molecule is Cc1ccc(C(=O)/N=c2\sc3c(Cl)cccc3n2CC(=O)O)cc1. The molecule has 0 aliphatic rings. The molecule has 24 heavy (non-hydrogen) atoms. The van der Waals surface area contributed by atoms with Crippen LogP contribution in [-0.4, -0.2) is 21.6 Å². The van der Waals surface area contributed by atoms with Crippen LogP contribution >= 0.6 is 22.9 Å². The lowest BCUT2D eigenvalue weighted by atomic mass is 10.1. The van der Waals surface area contributed by atoms with Crippen LogP contribution < -0.4 is 4.80 Å². The molecular weight excluding hydrogens is 348 g/mol. The van der Waals surface area contributed by atoms with E-state index in [4.69, 9.17) is 16.7 Å². The highest BCUT2D eigenvalue weighted by Gasteiger charge is 2.13. The van der Waals surface area contributed by atoms with Gasteiger partial charge in [-0.25, -0.2) is 0 Å². The average Bonchev–Trinajstić information content (AvgIpc) is 2.87. The Morgan fingerprint density at radius 2 is 1.92 bits per heavy atom. The van der Waals surface area contributed by atoms with E-state index in [1.54, 1.807) is 30.3 Å². The number of thiazole rings is 1. The van der Waals surface area contributed by atoms with Gasteiger partial charge in [0.05, 0.1) is 15.2 Å². The number of carboxylic acid groups (broad SMARTS) is 1. The quantitative estimate of drug-likeness (QED) is 0.777. The van der Waals surface area contributed by atoms with E-state index in [2.05, 4.69) is 4.99 Å². The molecule has 0 spiro atoms. The van der Waals surface area contributed by atoms with E-state index in [1.165, 1.54) is 15.9 Å². The third kappa shape index (κ3) is 3.25. The normalized spacial score (nSPS) is 11.8. The highest BCUT2D eigenvalue weighted by atomic mass is 35.5. The molecule has 2 aromatic carbocycles. The van der Waals surface area contributed by atoms with Crippen LogP contribution in [-0.2, 0) is 11.3 Å². The van der Waals surface area contributed by atoms with Crippen LogP contribution in [0.3, 0.4) is 0 Å². The van der Waals surface area contributed by atoms with Crippen molar-refractivity contribution in [3.63, 3.8) is 0 Å². The van der Waals surface area contributed by atoms with Gasteiger partial charge in [0.1, 0.15) is 6.54 Å². The molecule has 1 amide bonds. The molecule has 3 rings (SSSR count). The van der Waals surface area contributed by atoms with Crippen LogP contribution in [0, 0.1) is 6.92 Å². The van der Waals surface area contributed by atoms with Gasteiger partial charge in [-0.3, -0.25) is 9.59 Å². The number of nitrogens with zero attached hydrogens (tertiary/aromatic N) is 2. The van der Waals surface area contributed by atoms with Crippen LogP contribution in [0.2, 0.25) is 5.02 Å². The maximum absolute atomic E-state index is 12.4. The fraction of sp³-hybridized carbons (Fsp3) is 0.118. The maximum Gasteiger partial charge on any atom is 0.323 e. The van der Waals surface area contributed by atoms with Gasteiger partial charge in [-0.05, 0) is 31.2 Å². The van der Waals surface area contributed by atoms with Gasteiger partial charge in [-0.2, -0.15) is 4.99 Å². The van der Waals surface area contributed by atoms with Crippen LogP contribution in [0.15, 0.2) is 47.5 Å². The number of rotatable bonds is 3. The molecule has 7 heteroatoms. The van der Waals surface area contributed by atoms with Crippen molar-refractivity contribution in [1.82, 2.24) is 4.57 Å². The minimum atomic E-state index is -1.01. The van der Waals surface area contributed by atoms with E-state index < -0.39 is 11.9 Å². The van der Waals surface area contributed by atoms with Crippen molar-refractivity contribution < 1.29 is 14.7 Å². The number of hydrogen-bond acceptors (Lipinski definition) is 3. The topological polar surface area (TPSA) is 71.7 Å². The molecule has 0 unspecified atom stereocenters. The van der Waals surface area contributed by atoms with Crippen molar-refractivity contribution in [2.24, 2.45) is 4.99 Å². The molecule has 0 saturated heterocycles. The molecule has 1 heterocycles. The molecule has 0 atom stereocenters. The van der Waals surface area contributed by atoms with Crippen LogP contribution in [0.4, 0.5) is 0 Å². The van der Waals surface area contributed by atoms with E-state index in [0.29, 0.717) is 25.6 Å². The van der Waals surface area contributed by atoms with Crippen molar-refractivity contribution in [1.29, 1.82) is 0 Å². The zero-order chi connectivity index (χ0) is 17.3. The average molecular weight is 361 g/mol. The summed E-state index contributed by atoms with van der Waals surface area (Å²) in [6.45, 7) is 1.64. The third-order valence-corrected chi connectivity index (χ3v) is 5.00. The van der Waals surface area contributed by atoms with E-state index in [9.17, 15) is 9.59 Å². The lowest BCUT2D eigenvalue weighted by Gasteiger charge is -2.01. The van der Waals surface area contributed by atoms with E-state index >= 15 is 0 Å². The monoisotopic (exact) mass is 360 g/mol. The number of aliphatic carboxylic acids is 1. The number of fused-ring (bicyclic) bond motifs is 1. The lowest BCUT2D eigenvalue weighted by Crippen LogP contribution is -2.21. The summed E-state index contributed by atoms with van der Waals surface area (Å²) in [5.41, 5.74) is 2.14. The summed E-state index contributed by atoms with van der Waals surface area (Å²) < 4.78 is 2.19. The van der Waals surface area contributed by atoms with E-state index in [1.807, 2.05) is 19.1 Å². The van der Waals surface area contributed by atoms with Gasteiger partial charge in [0, 0.05) is 5.56 Å². The molecule has 0 saturated carbocycles. The lowest BCUT2D eigenvalue weighted by molar-refractivity contribution is -0.137. The summed E-state index contributed by atoms with van der Waals surface area (Å²) in [6.07, 6.45) is 0. The number of hydrogen-bond donors (Lipinski definition) is 1. The van der Waals surface area contributed by atoms with Crippen molar-refractivity contribution >= 4 is 45.0 Å². The molecular formula is C17H13ClN2O3S. The second-order valence-electron chi connectivity index (χ2n) is 5.24. The van der Waals surface area contributed by atoms with Gasteiger partial charge >= 0.3 is 5.97 Å². The third-order valence-electron chi connectivity index (χ3n) is 3.45. The molecule has 3 aromatic rings. The van der Waals surface area contributed by atoms with Gasteiger partial charge in [0.25, 0.3) is 5.91 Å².